The Morgan fingerprint density at radius 1 is 1.00 bits per heavy atom. The van der Waals surface area contributed by atoms with Gasteiger partial charge in [0.05, 0.1) is 11.6 Å². The van der Waals surface area contributed by atoms with Crippen molar-refractivity contribution in [3.8, 4) is 0 Å². The Hall–Kier alpha value is -3.81. The van der Waals surface area contributed by atoms with Gasteiger partial charge in [0, 0.05) is 29.3 Å². The molecular formula is C29H28F3N3O2. The van der Waals surface area contributed by atoms with Crippen molar-refractivity contribution in [2.75, 3.05) is 5.32 Å². The molecule has 0 radical (unpaired) electrons. The Morgan fingerprint density at radius 2 is 1.68 bits per heavy atom. The zero-order chi connectivity index (χ0) is 26.2. The first-order chi connectivity index (χ1) is 17.8. The molecule has 3 aromatic carbocycles. The quantitative estimate of drug-likeness (QED) is 0.417. The van der Waals surface area contributed by atoms with Crippen molar-refractivity contribution in [1.29, 1.82) is 0 Å². The lowest BCUT2D eigenvalue weighted by Gasteiger charge is -2.49. The molecule has 5 nitrogen and oxygen atoms in total. The van der Waals surface area contributed by atoms with Crippen molar-refractivity contribution in [3.63, 3.8) is 0 Å². The van der Waals surface area contributed by atoms with Crippen LogP contribution >= 0.6 is 0 Å². The second-order valence-electron chi connectivity index (χ2n) is 9.83. The van der Waals surface area contributed by atoms with Crippen LogP contribution in [0.15, 0.2) is 66.7 Å². The molecule has 1 saturated carbocycles. The van der Waals surface area contributed by atoms with Crippen LogP contribution in [-0.4, -0.2) is 22.9 Å². The highest BCUT2D eigenvalue weighted by Crippen LogP contribution is 2.50. The smallest absolute Gasteiger partial charge is 0.323 e. The summed E-state index contributed by atoms with van der Waals surface area (Å²) in [5.74, 6) is -2.35. The molecule has 2 aliphatic rings. The fourth-order valence-corrected chi connectivity index (χ4v) is 5.80. The minimum Gasteiger partial charge on any atom is -0.348 e. The van der Waals surface area contributed by atoms with Gasteiger partial charge in [-0.05, 0) is 49.6 Å². The minimum atomic E-state index is -0.956. The fraction of sp³-hybridized carbons (Fsp3) is 0.310. The number of nitrogens with one attached hydrogen (secondary N) is 2. The second-order valence-corrected chi connectivity index (χ2v) is 9.83. The van der Waals surface area contributed by atoms with E-state index < -0.39 is 47.0 Å². The normalized spacial score (nSPS) is 17.7. The average molecular weight is 508 g/mol. The van der Waals surface area contributed by atoms with Crippen LogP contribution in [0.4, 0.5) is 23.7 Å². The molecule has 0 unspecified atom stereocenters. The Kier molecular flexibility index (Phi) is 6.67. The molecular weight excluding hydrogens is 479 g/mol. The molecule has 1 spiro atoms. The van der Waals surface area contributed by atoms with E-state index >= 15 is 0 Å². The average Bonchev–Trinajstić information content (AvgIpc) is 3.34. The summed E-state index contributed by atoms with van der Waals surface area (Å²) in [6.07, 6.45) is 3.06. The van der Waals surface area contributed by atoms with Crippen molar-refractivity contribution in [2.24, 2.45) is 0 Å². The third-order valence-corrected chi connectivity index (χ3v) is 7.51. The van der Waals surface area contributed by atoms with Gasteiger partial charge in [0.25, 0.3) is 0 Å². The Morgan fingerprint density at radius 3 is 2.38 bits per heavy atom. The molecule has 37 heavy (non-hydrogen) atoms. The van der Waals surface area contributed by atoms with E-state index in [2.05, 4.69) is 10.6 Å². The Labute approximate surface area is 213 Å². The van der Waals surface area contributed by atoms with Crippen LogP contribution in [0, 0.1) is 17.5 Å². The molecule has 1 heterocycles. The second kappa shape index (κ2) is 9.92. The number of hydrogen-bond donors (Lipinski definition) is 2. The number of nitrogens with zero attached hydrogens (tertiary/aromatic N) is 1. The van der Waals surface area contributed by atoms with Crippen LogP contribution in [-0.2, 0) is 16.8 Å². The van der Waals surface area contributed by atoms with Gasteiger partial charge in [-0.2, -0.15) is 0 Å². The number of urea groups is 1. The third kappa shape index (κ3) is 4.68. The zero-order valence-electron chi connectivity index (χ0n) is 20.4. The van der Waals surface area contributed by atoms with Gasteiger partial charge in [-0.15, -0.1) is 0 Å². The highest BCUT2D eigenvalue weighted by molar-refractivity contribution is 5.97. The molecule has 0 aromatic heterocycles. The first kappa shape index (κ1) is 24.9. The maximum absolute atomic E-state index is 14.5. The fourth-order valence-electron chi connectivity index (χ4n) is 5.80. The Balaban J connectivity index is 1.55. The lowest BCUT2D eigenvalue weighted by molar-refractivity contribution is -0.128. The molecule has 8 heteroatoms. The molecule has 192 valence electrons. The van der Waals surface area contributed by atoms with Gasteiger partial charge < -0.3 is 15.5 Å². The molecule has 5 rings (SSSR count). The topological polar surface area (TPSA) is 61.4 Å². The molecule has 0 bridgehead atoms. The van der Waals surface area contributed by atoms with E-state index in [9.17, 15) is 22.8 Å². The summed E-state index contributed by atoms with van der Waals surface area (Å²) in [5.41, 5.74) is 1.34. The van der Waals surface area contributed by atoms with Gasteiger partial charge in [-0.1, -0.05) is 49.2 Å². The molecule has 1 aliphatic carbocycles. The van der Waals surface area contributed by atoms with Gasteiger partial charge in [0.1, 0.15) is 23.5 Å². The predicted octanol–water partition coefficient (Wildman–Crippen LogP) is 6.21. The summed E-state index contributed by atoms with van der Waals surface area (Å²) in [7, 11) is 0. The molecule has 1 aliphatic heterocycles. The van der Waals surface area contributed by atoms with Crippen molar-refractivity contribution in [3.05, 3.63) is 101 Å². The number of anilines is 1. The van der Waals surface area contributed by atoms with E-state index in [0.717, 1.165) is 30.5 Å². The van der Waals surface area contributed by atoms with Gasteiger partial charge in [-0.3, -0.25) is 4.79 Å². The Bertz CT molecular complexity index is 1330. The van der Waals surface area contributed by atoms with Crippen LogP contribution in [0.3, 0.4) is 0 Å². The number of rotatable bonds is 6. The van der Waals surface area contributed by atoms with E-state index in [1.54, 1.807) is 17.9 Å². The van der Waals surface area contributed by atoms with Gasteiger partial charge in [-0.25, -0.2) is 18.0 Å². The maximum Gasteiger partial charge on any atom is 0.323 e. The number of amides is 3. The SMILES string of the molecule is C[C@H](NC(=O)[C@@H](Cc1ccccc1)N1C(=O)Nc2ccc(F)cc2C12CCCC2)c1ccc(F)cc1F. The molecule has 0 saturated heterocycles. The standard InChI is InChI=1S/C29H28F3N3O2/c1-18(22-11-9-21(31)17-24(22)32)33-27(36)26(15-19-7-3-2-4-8-19)35-28(37)34-25-12-10-20(30)16-23(25)29(35)13-5-6-14-29/h2-4,7-12,16-18,26H,5-6,13-15H2,1H3,(H,33,36)(H,34,37)/t18-,26+/m0/s1. The van der Waals surface area contributed by atoms with Crippen LogP contribution < -0.4 is 10.6 Å². The van der Waals surface area contributed by atoms with Gasteiger partial charge >= 0.3 is 6.03 Å². The summed E-state index contributed by atoms with van der Waals surface area (Å²) in [6, 6.07) is 14.7. The zero-order valence-corrected chi connectivity index (χ0v) is 20.4. The van der Waals surface area contributed by atoms with Crippen LogP contribution in [0.25, 0.3) is 0 Å². The van der Waals surface area contributed by atoms with Crippen molar-refractivity contribution >= 4 is 17.6 Å². The van der Waals surface area contributed by atoms with Gasteiger partial charge in [0.2, 0.25) is 5.91 Å². The predicted molar refractivity (Wildman–Crippen MR) is 134 cm³/mol. The largest absolute Gasteiger partial charge is 0.348 e. The number of carbonyl (C=O) groups excluding carboxylic acids is 2. The van der Waals surface area contributed by atoms with Crippen LogP contribution in [0.1, 0.15) is 55.3 Å². The number of halogens is 3. The van der Waals surface area contributed by atoms with E-state index in [4.69, 9.17) is 0 Å². The summed E-state index contributed by atoms with van der Waals surface area (Å²) in [4.78, 5) is 29.1. The van der Waals surface area contributed by atoms with Gasteiger partial charge in [0.15, 0.2) is 0 Å². The lowest BCUT2D eigenvalue weighted by atomic mass is 9.81. The molecule has 2 atom stereocenters. The monoisotopic (exact) mass is 507 g/mol. The first-order valence-corrected chi connectivity index (χ1v) is 12.5. The lowest BCUT2D eigenvalue weighted by Crippen LogP contribution is -2.62. The summed E-state index contributed by atoms with van der Waals surface area (Å²) in [5, 5.41) is 5.69. The minimum absolute atomic E-state index is 0.138. The van der Waals surface area contributed by atoms with Crippen LogP contribution in [0.5, 0.6) is 0 Å². The third-order valence-electron chi connectivity index (χ3n) is 7.51. The molecule has 2 N–H and O–H groups in total. The van der Waals surface area contributed by atoms with Crippen molar-refractivity contribution in [1.82, 2.24) is 10.2 Å². The van der Waals surface area contributed by atoms with E-state index in [0.29, 0.717) is 24.1 Å². The summed E-state index contributed by atoms with van der Waals surface area (Å²) < 4.78 is 42.3. The number of hydrogen-bond acceptors (Lipinski definition) is 2. The number of carbonyl (C=O) groups is 2. The summed E-state index contributed by atoms with van der Waals surface area (Å²) >= 11 is 0. The van der Waals surface area contributed by atoms with E-state index in [1.807, 2.05) is 30.3 Å². The maximum atomic E-state index is 14.5. The molecule has 3 aromatic rings. The van der Waals surface area contributed by atoms with E-state index in [-0.39, 0.29) is 12.0 Å². The number of benzene rings is 3. The van der Waals surface area contributed by atoms with Crippen molar-refractivity contribution < 1.29 is 22.8 Å². The summed E-state index contributed by atoms with van der Waals surface area (Å²) in [6.45, 7) is 1.61. The highest BCUT2D eigenvalue weighted by atomic mass is 19.1. The van der Waals surface area contributed by atoms with E-state index in [1.165, 1.54) is 18.2 Å². The van der Waals surface area contributed by atoms with Crippen molar-refractivity contribution in [2.45, 2.75) is 56.7 Å². The molecule has 1 fully saturated rings. The first-order valence-electron chi connectivity index (χ1n) is 12.5. The molecule has 3 amide bonds. The highest BCUT2D eigenvalue weighted by Gasteiger charge is 2.52. The van der Waals surface area contributed by atoms with Crippen LogP contribution in [0.2, 0.25) is 0 Å². The number of fused-ring (bicyclic) bond motifs is 2.